The van der Waals surface area contributed by atoms with Gasteiger partial charge in [0.05, 0.1) is 26.3 Å². The number of nitrogens with zero attached hydrogens (tertiary/aromatic N) is 3. The third-order valence-electron chi connectivity index (χ3n) is 4.57. The predicted octanol–water partition coefficient (Wildman–Crippen LogP) is 3.00. The van der Waals surface area contributed by atoms with Crippen LogP contribution < -0.4 is 5.32 Å². The van der Waals surface area contributed by atoms with Gasteiger partial charge in [0.2, 0.25) is 5.91 Å². The Morgan fingerprint density at radius 3 is 2.66 bits per heavy atom. The van der Waals surface area contributed by atoms with Gasteiger partial charge in [0, 0.05) is 12.1 Å². The lowest BCUT2D eigenvalue weighted by atomic mass is 10.1. The Bertz CT molecular complexity index is 1200. The Morgan fingerprint density at radius 1 is 1.17 bits per heavy atom. The molecule has 29 heavy (non-hydrogen) atoms. The zero-order valence-corrected chi connectivity index (χ0v) is 16.0. The molecular weight excluding hydrogens is 396 g/mol. The van der Waals surface area contributed by atoms with Crippen molar-refractivity contribution in [2.24, 2.45) is 0 Å². The highest BCUT2D eigenvalue weighted by Gasteiger charge is 2.37. The van der Waals surface area contributed by atoms with Crippen LogP contribution in [0.4, 0.5) is 10.8 Å². The second kappa shape index (κ2) is 7.06. The van der Waals surface area contributed by atoms with Crippen molar-refractivity contribution in [2.75, 3.05) is 11.9 Å². The van der Waals surface area contributed by atoms with Crippen LogP contribution in [0.3, 0.4) is 0 Å². The molecule has 0 aliphatic carbocycles. The number of imide groups is 1. The highest BCUT2D eigenvalue weighted by Crippen LogP contribution is 2.28. The normalized spacial score (nSPS) is 13.1. The molecule has 0 atom stereocenters. The van der Waals surface area contributed by atoms with E-state index >= 15 is 0 Å². The second-order valence-corrected chi connectivity index (χ2v) is 7.44. The molecule has 4 rings (SSSR count). The number of anilines is 1. The van der Waals surface area contributed by atoms with Crippen LogP contribution in [0.5, 0.6) is 0 Å². The molecule has 1 aliphatic heterocycles. The number of carbonyl (C=O) groups is 3. The standard InChI is InChI=1S/C19H14N4O5S/c1-2-10-3-6-14-15(7-10)29-19(20-14)21-16(24)9-22-17(25)12-5-4-11(23(27)28)8-13(12)18(22)26/h3-8H,2,9H2,1H3,(H,20,21,24). The number of hydrogen-bond donors (Lipinski definition) is 1. The lowest BCUT2D eigenvalue weighted by Crippen LogP contribution is -2.37. The molecule has 2 aromatic carbocycles. The van der Waals surface area contributed by atoms with E-state index in [0.29, 0.717) is 5.13 Å². The molecule has 9 nitrogen and oxygen atoms in total. The molecule has 0 fully saturated rings. The number of non-ortho nitro benzene ring substituents is 1. The van der Waals surface area contributed by atoms with E-state index in [1.807, 2.05) is 25.1 Å². The minimum Gasteiger partial charge on any atom is -0.300 e. The number of rotatable bonds is 5. The predicted molar refractivity (Wildman–Crippen MR) is 106 cm³/mol. The molecule has 2 heterocycles. The molecule has 1 aromatic heterocycles. The van der Waals surface area contributed by atoms with Crippen molar-refractivity contribution in [2.45, 2.75) is 13.3 Å². The number of hydrogen-bond acceptors (Lipinski definition) is 7. The molecule has 3 aromatic rings. The van der Waals surface area contributed by atoms with Gasteiger partial charge >= 0.3 is 0 Å². The van der Waals surface area contributed by atoms with Gasteiger partial charge in [-0.15, -0.1) is 0 Å². The fourth-order valence-corrected chi connectivity index (χ4v) is 4.03. The molecule has 0 bridgehead atoms. The van der Waals surface area contributed by atoms with Gasteiger partial charge in [-0.25, -0.2) is 4.98 Å². The average Bonchev–Trinajstić information content (AvgIpc) is 3.20. The molecular formula is C19H14N4O5S. The minimum atomic E-state index is -0.735. The summed E-state index contributed by atoms with van der Waals surface area (Å²) in [5.41, 5.74) is 1.57. The summed E-state index contributed by atoms with van der Waals surface area (Å²) in [6.07, 6.45) is 0.882. The van der Waals surface area contributed by atoms with Crippen LogP contribution >= 0.6 is 11.3 Å². The first kappa shape index (κ1) is 18.7. The number of thiazole rings is 1. The van der Waals surface area contributed by atoms with Gasteiger partial charge in [0.1, 0.15) is 6.54 Å². The van der Waals surface area contributed by atoms with Crippen molar-refractivity contribution in [3.05, 3.63) is 63.2 Å². The summed E-state index contributed by atoms with van der Waals surface area (Å²) in [5, 5.41) is 13.9. The molecule has 3 amide bonds. The molecule has 0 saturated carbocycles. The number of benzene rings is 2. The number of nitrogens with one attached hydrogen (secondary N) is 1. The molecule has 0 saturated heterocycles. The van der Waals surface area contributed by atoms with Crippen molar-refractivity contribution in [1.29, 1.82) is 0 Å². The molecule has 1 N–H and O–H groups in total. The lowest BCUT2D eigenvalue weighted by Gasteiger charge is -2.12. The van der Waals surface area contributed by atoms with Crippen LogP contribution in [0.25, 0.3) is 10.2 Å². The van der Waals surface area contributed by atoms with E-state index in [9.17, 15) is 24.5 Å². The van der Waals surface area contributed by atoms with Crippen LogP contribution in [0.2, 0.25) is 0 Å². The average molecular weight is 410 g/mol. The molecule has 0 spiro atoms. The van der Waals surface area contributed by atoms with Crippen LogP contribution in [0, 0.1) is 10.1 Å². The molecule has 1 aliphatic rings. The summed E-state index contributed by atoms with van der Waals surface area (Å²) in [4.78, 5) is 52.6. The maximum atomic E-state index is 12.5. The van der Waals surface area contributed by atoms with Gasteiger partial charge < -0.3 is 5.32 Å². The van der Waals surface area contributed by atoms with Crippen molar-refractivity contribution >= 4 is 50.1 Å². The van der Waals surface area contributed by atoms with E-state index in [0.717, 1.165) is 39.2 Å². The number of carbonyl (C=O) groups excluding carboxylic acids is 3. The summed E-state index contributed by atoms with van der Waals surface area (Å²) in [5.74, 6) is -1.98. The Kier molecular flexibility index (Phi) is 4.55. The largest absolute Gasteiger partial charge is 0.300 e. The number of nitro groups is 1. The number of aromatic nitrogens is 1. The van der Waals surface area contributed by atoms with Gasteiger partial charge in [-0.2, -0.15) is 0 Å². The number of nitro benzene ring substituents is 1. The number of aryl methyl sites for hydroxylation is 1. The van der Waals surface area contributed by atoms with E-state index < -0.39 is 29.2 Å². The Balaban J connectivity index is 1.50. The van der Waals surface area contributed by atoms with Crippen molar-refractivity contribution in [3.63, 3.8) is 0 Å². The first-order chi connectivity index (χ1) is 13.9. The molecule has 10 heteroatoms. The van der Waals surface area contributed by atoms with Gasteiger partial charge in [0.15, 0.2) is 5.13 Å². The van der Waals surface area contributed by atoms with Crippen molar-refractivity contribution in [1.82, 2.24) is 9.88 Å². The van der Waals surface area contributed by atoms with Crippen LogP contribution in [-0.4, -0.2) is 39.1 Å². The highest BCUT2D eigenvalue weighted by molar-refractivity contribution is 7.22. The molecule has 0 unspecified atom stereocenters. The van der Waals surface area contributed by atoms with Gasteiger partial charge in [0.25, 0.3) is 17.5 Å². The zero-order chi connectivity index (χ0) is 20.7. The monoisotopic (exact) mass is 410 g/mol. The summed E-state index contributed by atoms with van der Waals surface area (Å²) in [6.45, 7) is 1.54. The first-order valence-corrected chi connectivity index (χ1v) is 9.53. The lowest BCUT2D eigenvalue weighted by molar-refractivity contribution is -0.384. The summed E-state index contributed by atoms with van der Waals surface area (Å²) < 4.78 is 0.924. The van der Waals surface area contributed by atoms with Crippen molar-refractivity contribution < 1.29 is 19.3 Å². The fourth-order valence-electron chi connectivity index (χ4n) is 3.08. The van der Waals surface area contributed by atoms with Crippen LogP contribution in [0.1, 0.15) is 33.2 Å². The van der Waals surface area contributed by atoms with E-state index in [1.54, 1.807) is 0 Å². The Labute approximate surface area is 168 Å². The summed E-state index contributed by atoms with van der Waals surface area (Å²) in [7, 11) is 0. The van der Waals surface area contributed by atoms with Gasteiger partial charge in [-0.3, -0.25) is 29.4 Å². The molecule has 146 valence electrons. The highest BCUT2D eigenvalue weighted by atomic mass is 32.1. The summed E-state index contributed by atoms with van der Waals surface area (Å²) >= 11 is 1.30. The smallest absolute Gasteiger partial charge is 0.270 e. The maximum Gasteiger partial charge on any atom is 0.270 e. The first-order valence-electron chi connectivity index (χ1n) is 8.71. The topological polar surface area (TPSA) is 123 Å². The fraction of sp³-hybridized carbons (Fsp3) is 0.158. The third-order valence-corrected chi connectivity index (χ3v) is 5.51. The van der Waals surface area contributed by atoms with E-state index in [1.165, 1.54) is 17.4 Å². The van der Waals surface area contributed by atoms with Crippen LogP contribution in [0.15, 0.2) is 36.4 Å². The maximum absolute atomic E-state index is 12.5. The van der Waals surface area contributed by atoms with E-state index in [-0.39, 0.29) is 16.8 Å². The van der Waals surface area contributed by atoms with Crippen molar-refractivity contribution in [3.8, 4) is 0 Å². The van der Waals surface area contributed by atoms with E-state index in [2.05, 4.69) is 10.3 Å². The minimum absolute atomic E-state index is 0.0421. The molecule has 0 radical (unpaired) electrons. The quantitative estimate of drug-likeness (QED) is 0.392. The zero-order valence-electron chi connectivity index (χ0n) is 15.2. The Morgan fingerprint density at radius 2 is 1.93 bits per heavy atom. The number of amides is 3. The summed E-state index contributed by atoms with van der Waals surface area (Å²) in [6, 6.07) is 9.26. The number of fused-ring (bicyclic) bond motifs is 2. The van der Waals surface area contributed by atoms with E-state index in [4.69, 9.17) is 0 Å². The van der Waals surface area contributed by atoms with Crippen LogP contribution in [-0.2, 0) is 11.2 Å². The second-order valence-electron chi connectivity index (χ2n) is 6.41. The Hall–Kier alpha value is -3.66. The third kappa shape index (κ3) is 3.34. The van der Waals surface area contributed by atoms with Gasteiger partial charge in [-0.1, -0.05) is 24.3 Å². The SMILES string of the molecule is CCc1ccc2nc(NC(=O)CN3C(=O)c4ccc([N+](=O)[O-])cc4C3=O)sc2c1. The van der Waals surface area contributed by atoms with Gasteiger partial charge in [-0.05, 0) is 30.2 Å².